The van der Waals surface area contributed by atoms with Gasteiger partial charge in [-0.05, 0) is 36.6 Å². The van der Waals surface area contributed by atoms with Gasteiger partial charge in [0.1, 0.15) is 11.6 Å². The first-order valence-corrected chi connectivity index (χ1v) is 4.46. The Morgan fingerprint density at radius 1 is 1.36 bits per heavy atom. The van der Waals surface area contributed by atoms with E-state index < -0.39 is 0 Å². The van der Waals surface area contributed by atoms with Gasteiger partial charge in [0, 0.05) is 12.6 Å². The molecule has 2 N–H and O–H groups in total. The van der Waals surface area contributed by atoms with E-state index >= 15 is 0 Å². The van der Waals surface area contributed by atoms with E-state index in [1.807, 2.05) is 0 Å². The van der Waals surface area contributed by atoms with E-state index in [-0.39, 0.29) is 24.0 Å². The van der Waals surface area contributed by atoms with Crippen LogP contribution in [0.4, 0.5) is 4.39 Å². The van der Waals surface area contributed by atoms with Crippen LogP contribution >= 0.6 is 12.4 Å². The molecule has 0 bridgehead atoms. The van der Waals surface area contributed by atoms with Crippen LogP contribution in [0.5, 0.6) is 5.75 Å². The summed E-state index contributed by atoms with van der Waals surface area (Å²) in [5.41, 5.74) is 0.891. The maximum absolute atomic E-state index is 12.9. The van der Waals surface area contributed by atoms with Crippen LogP contribution in [-0.4, -0.2) is 18.2 Å². The second-order valence-corrected chi connectivity index (χ2v) is 3.43. The van der Waals surface area contributed by atoms with Crippen LogP contribution in [0, 0.1) is 5.82 Å². The summed E-state index contributed by atoms with van der Waals surface area (Å²) in [6, 6.07) is 4.27. The Kier molecular flexibility index (Phi) is 3.72. The quantitative estimate of drug-likeness (QED) is 0.755. The number of phenolic OH excluding ortho intramolecular Hbond substituents is 1. The van der Waals surface area contributed by atoms with Crippen LogP contribution in [0.1, 0.15) is 17.9 Å². The van der Waals surface area contributed by atoms with Crippen LogP contribution in [0.15, 0.2) is 18.2 Å². The first-order chi connectivity index (χ1) is 6.25. The molecular formula is C10H13ClFNO. The minimum absolute atomic E-state index is 0. The Hall–Kier alpha value is -0.800. The topological polar surface area (TPSA) is 32.3 Å². The predicted octanol–water partition coefficient (Wildman–Crippen LogP) is 2.03. The number of nitrogens with one attached hydrogen (secondary N) is 1. The minimum atomic E-state index is -0.359. The van der Waals surface area contributed by atoms with Gasteiger partial charge in [0.15, 0.2) is 0 Å². The van der Waals surface area contributed by atoms with E-state index in [4.69, 9.17) is 0 Å². The molecule has 2 nitrogen and oxygen atoms in total. The standard InChI is InChI=1S/C10H12FNO.ClH/c11-9-3-8(4-10(13)5-9)7-1-2-12-6-7;/h3-5,7,12-13H,1-2,6H2;1H. The molecule has 1 aliphatic heterocycles. The number of aromatic hydroxyl groups is 1. The van der Waals surface area contributed by atoms with Crippen molar-refractivity contribution in [2.45, 2.75) is 12.3 Å². The molecular weight excluding hydrogens is 205 g/mol. The van der Waals surface area contributed by atoms with Crippen molar-refractivity contribution < 1.29 is 9.50 Å². The summed E-state index contributed by atoms with van der Waals surface area (Å²) in [5, 5.41) is 12.4. The van der Waals surface area contributed by atoms with Gasteiger partial charge in [-0.25, -0.2) is 4.39 Å². The van der Waals surface area contributed by atoms with E-state index in [2.05, 4.69) is 5.32 Å². The van der Waals surface area contributed by atoms with Crippen LogP contribution in [0.2, 0.25) is 0 Å². The lowest BCUT2D eigenvalue weighted by Crippen LogP contribution is -2.07. The normalized spacial score (nSPS) is 20.5. The lowest BCUT2D eigenvalue weighted by molar-refractivity contribution is 0.467. The van der Waals surface area contributed by atoms with Gasteiger partial charge in [0.2, 0.25) is 0 Å². The highest BCUT2D eigenvalue weighted by atomic mass is 35.5. The van der Waals surface area contributed by atoms with E-state index in [0.717, 1.165) is 31.1 Å². The average molecular weight is 218 g/mol. The molecule has 1 saturated heterocycles. The average Bonchev–Trinajstić information content (AvgIpc) is 2.53. The first kappa shape index (κ1) is 11.3. The zero-order chi connectivity index (χ0) is 9.26. The highest BCUT2D eigenvalue weighted by Crippen LogP contribution is 2.26. The van der Waals surface area contributed by atoms with Crippen molar-refractivity contribution in [3.8, 4) is 5.75 Å². The van der Waals surface area contributed by atoms with Crippen molar-refractivity contribution in [3.05, 3.63) is 29.6 Å². The second kappa shape index (κ2) is 4.62. The van der Waals surface area contributed by atoms with E-state index in [0.29, 0.717) is 5.92 Å². The largest absolute Gasteiger partial charge is 0.508 e. The third-order valence-corrected chi connectivity index (χ3v) is 2.44. The highest BCUT2D eigenvalue weighted by molar-refractivity contribution is 5.85. The van der Waals surface area contributed by atoms with Gasteiger partial charge >= 0.3 is 0 Å². The smallest absolute Gasteiger partial charge is 0.127 e. The Morgan fingerprint density at radius 2 is 2.14 bits per heavy atom. The lowest BCUT2D eigenvalue weighted by Gasteiger charge is -2.08. The third kappa shape index (κ3) is 2.36. The number of phenols is 1. The van der Waals surface area contributed by atoms with E-state index in [9.17, 15) is 9.50 Å². The Bertz CT molecular complexity index is 293. The molecule has 2 rings (SSSR count). The van der Waals surface area contributed by atoms with Crippen molar-refractivity contribution in [3.63, 3.8) is 0 Å². The summed E-state index contributed by atoms with van der Waals surface area (Å²) in [7, 11) is 0. The molecule has 0 radical (unpaired) electrons. The van der Waals surface area contributed by atoms with Crippen LogP contribution in [0.25, 0.3) is 0 Å². The van der Waals surface area contributed by atoms with Crippen molar-refractivity contribution >= 4 is 12.4 Å². The number of benzene rings is 1. The Balaban J connectivity index is 0.000000980. The minimum Gasteiger partial charge on any atom is -0.508 e. The monoisotopic (exact) mass is 217 g/mol. The molecule has 0 aromatic heterocycles. The fourth-order valence-electron chi connectivity index (χ4n) is 1.77. The molecule has 1 unspecified atom stereocenters. The van der Waals surface area contributed by atoms with Crippen LogP contribution in [0.3, 0.4) is 0 Å². The number of halogens is 2. The fraction of sp³-hybridized carbons (Fsp3) is 0.400. The summed E-state index contributed by atoms with van der Waals surface area (Å²) >= 11 is 0. The van der Waals surface area contributed by atoms with Gasteiger partial charge in [0.05, 0.1) is 0 Å². The van der Waals surface area contributed by atoms with E-state index in [1.54, 1.807) is 6.07 Å². The fourth-order valence-corrected chi connectivity index (χ4v) is 1.77. The second-order valence-electron chi connectivity index (χ2n) is 3.43. The molecule has 0 amide bonds. The lowest BCUT2D eigenvalue weighted by atomic mass is 9.98. The SMILES string of the molecule is Cl.Oc1cc(F)cc(C2CCNC2)c1. The molecule has 1 aliphatic rings. The van der Waals surface area contributed by atoms with Crippen molar-refractivity contribution in [1.29, 1.82) is 0 Å². The van der Waals surface area contributed by atoms with Gasteiger partial charge in [-0.15, -0.1) is 12.4 Å². The van der Waals surface area contributed by atoms with Gasteiger partial charge in [-0.1, -0.05) is 0 Å². The Labute approximate surface area is 88.5 Å². The summed E-state index contributed by atoms with van der Waals surface area (Å²) in [6.45, 7) is 1.85. The summed E-state index contributed by atoms with van der Waals surface area (Å²) in [4.78, 5) is 0. The molecule has 78 valence electrons. The molecule has 0 aliphatic carbocycles. The highest BCUT2D eigenvalue weighted by Gasteiger charge is 2.17. The number of rotatable bonds is 1. The molecule has 1 aromatic rings. The molecule has 14 heavy (non-hydrogen) atoms. The van der Waals surface area contributed by atoms with E-state index in [1.165, 1.54) is 6.07 Å². The summed E-state index contributed by atoms with van der Waals surface area (Å²) < 4.78 is 12.9. The molecule has 1 atom stereocenters. The Morgan fingerprint density at radius 3 is 2.71 bits per heavy atom. The zero-order valence-corrected chi connectivity index (χ0v) is 8.48. The molecule has 1 fully saturated rings. The van der Waals surface area contributed by atoms with Gasteiger partial charge in [0.25, 0.3) is 0 Å². The molecule has 4 heteroatoms. The molecule has 0 spiro atoms. The maximum Gasteiger partial charge on any atom is 0.127 e. The number of hydrogen-bond donors (Lipinski definition) is 2. The molecule has 1 aromatic carbocycles. The van der Waals surface area contributed by atoms with Crippen molar-refractivity contribution in [2.75, 3.05) is 13.1 Å². The van der Waals surface area contributed by atoms with Crippen molar-refractivity contribution in [1.82, 2.24) is 5.32 Å². The van der Waals surface area contributed by atoms with Crippen LogP contribution < -0.4 is 5.32 Å². The number of hydrogen-bond acceptors (Lipinski definition) is 2. The maximum atomic E-state index is 12.9. The predicted molar refractivity (Wildman–Crippen MR) is 55.5 cm³/mol. The van der Waals surface area contributed by atoms with Gasteiger partial charge in [-0.2, -0.15) is 0 Å². The molecule has 0 saturated carbocycles. The van der Waals surface area contributed by atoms with Gasteiger partial charge < -0.3 is 10.4 Å². The third-order valence-electron chi connectivity index (χ3n) is 2.44. The molecule has 1 heterocycles. The van der Waals surface area contributed by atoms with Gasteiger partial charge in [-0.3, -0.25) is 0 Å². The first-order valence-electron chi connectivity index (χ1n) is 4.46. The summed E-state index contributed by atoms with van der Waals surface area (Å²) in [6.07, 6.45) is 1.02. The van der Waals surface area contributed by atoms with Crippen molar-refractivity contribution in [2.24, 2.45) is 0 Å². The summed E-state index contributed by atoms with van der Waals surface area (Å²) in [5.74, 6) is 0.00500. The zero-order valence-electron chi connectivity index (χ0n) is 7.66. The van der Waals surface area contributed by atoms with Crippen LogP contribution in [-0.2, 0) is 0 Å².